The van der Waals surface area contributed by atoms with Gasteiger partial charge in [0.1, 0.15) is 4.88 Å². The van der Waals surface area contributed by atoms with Crippen LogP contribution in [0.1, 0.15) is 92.1 Å². The Hall–Kier alpha value is -1.41. The van der Waals surface area contributed by atoms with Crippen molar-refractivity contribution in [2.24, 2.45) is 11.8 Å². The highest BCUT2D eigenvalue weighted by atomic mass is 35.5. The molecule has 0 aromatic carbocycles. The topological polar surface area (TPSA) is 76.1 Å². The van der Waals surface area contributed by atoms with Crippen LogP contribution in [0.4, 0.5) is 5.69 Å². The number of hydrogen-bond donors (Lipinski definition) is 1. The second-order valence-corrected chi connectivity index (χ2v) is 12.4. The number of rotatable bonds is 5. The van der Waals surface area contributed by atoms with Crippen molar-refractivity contribution in [2.75, 3.05) is 18.1 Å². The van der Waals surface area contributed by atoms with E-state index in [9.17, 15) is 14.7 Å². The Morgan fingerprint density at radius 2 is 1.77 bits per heavy atom. The Labute approximate surface area is 216 Å². The summed E-state index contributed by atoms with van der Waals surface area (Å²) in [6.45, 7) is 3.49. The lowest BCUT2D eigenvalue weighted by Gasteiger charge is -2.38. The Balaban J connectivity index is 1.46. The summed E-state index contributed by atoms with van der Waals surface area (Å²) in [6.07, 6.45) is 11.5. The number of aromatic carboxylic acids is 1. The Bertz CT molecular complexity index is 968. The second-order valence-electron chi connectivity index (χ2n) is 10.7. The molecule has 5 rings (SSSR count). The zero-order valence-electron chi connectivity index (χ0n) is 20.5. The molecule has 35 heavy (non-hydrogen) atoms. The van der Waals surface area contributed by atoms with E-state index in [0.29, 0.717) is 31.2 Å². The molecular weight excluding hydrogens is 486 g/mol. The molecule has 1 aromatic heterocycles. The van der Waals surface area contributed by atoms with Crippen molar-refractivity contribution in [3.63, 3.8) is 0 Å². The van der Waals surface area contributed by atoms with Crippen LogP contribution in [0.15, 0.2) is 12.1 Å². The molecule has 1 amide bonds. The minimum absolute atomic E-state index is 0.00120. The van der Waals surface area contributed by atoms with Crippen molar-refractivity contribution in [1.82, 2.24) is 0 Å². The summed E-state index contributed by atoms with van der Waals surface area (Å²) in [5, 5.41) is 10.3. The van der Waals surface area contributed by atoms with E-state index in [2.05, 4.69) is 13.0 Å². The van der Waals surface area contributed by atoms with Crippen LogP contribution in [-0.2, 0) is 14.3 Å². The zero-order chi connectivity index (χ0) is 24.6. The van der Waals surface area contributed by atoms with Crippen molar-refractivity contribution in [3.05, 3.63) is 21.9 Å². The van der Waals surface area contributed by atoms with Crippen LogP contribution in [0, 0.1) is 11.8 Å². The van der Waals surface area contributed by atoms with Gasteiger partial charge in [-0.25, -0.2) is 4.79 Å². The third kappa shape index (κ3) is 5.34. The summed E-state index contributed by atoms with van der Waals surface area (Å²) in [5.74, 6) is -0.760. The maximum absolute atomic E-state index is 14.0. The van der Waals surface area contributed by atoms with Gasteiger partial charge in [-0.15, -0.1) is 22.9 Å². The van der Waals surface area contributed by atoms with Gasteiger partial charge < -0.3 is 19.5 Å². The Morgan fingerprint density at radius 1 is 1.09 bits per heavy atom. The maximum atomic E-state index is 14.0. The maximum Gasteiger partial charge on any atom is 0.348 e. The number of carbonyl (C=O) groups excluding carboxylic acids is 1. The summed E-state index contributed by atoms with van der Waals surface area (Å²) in [6, 6.07) is 1.96. The molecule has 2 saturated carbocycles. The molecule has 6 nitrogen and oxygen atoms in total. The molecule has 8 heteroatoms. The SMILES string of the molecule is CC1CCC(C(=O)N(c2cc(C3=CCC4(CC3)OCCO4)sc2C(=O)O)C2CCC(Cl)CC2)CC1. The predicted molar refractivity (Wildman–Crippen MR) is 138 cm³/mol. The Morgan fingerprint density at radius 3 is 2.37 bits per heavy atom. The van der Waals surface area contributed by atoms with Crippen molar-refractivity contribution in [3.8, 4) is 0 Å². The zero-order valence-corrected chi connectivity index (χ0v) is 22.0. The molecule has 1 aromatic rings. The number of nitrogens with zero attached hydrogens (tertiary/aromatic N) is 1. The summed E-state index contributed by atoms with van der Waals surface area (Å²) >= 11 is 7.69. The molecule has 0 unspecified atom stereocenters. The minimum atomic E-state index is -0.965. The van der Waals surface area contributed by atoms with Gasteiger partial charge in [-0.3, -0.25) is 4.79 Å². The van der Waals surface area contributed by atoms with E-state index < -0.39 is 11.8 Å². The van der Waals surface area contributed by atoms with E-state index in [1.54, 1.807) is 0 Å². The first kappa shape index (κ1) is 25.2. The molecule has 3 aliphatic carbocycles. The normalized spacial score (nSPS) is 30.7. The number of carbonyl (C=O) groups is 2. The number of ether oxygens (including phenoxy) is 2. The second kappa shape index (κ2) is 10.5. The lowest BCUT2D eigenvalue weighted by atomic mass is 9.81. The molecule has 4 aliphatic rings. The van der Waals surface area contributed by atoms with Gasteiger partial charge in [0.2, 0.25) is 5.91 Å². The lowest BCUT2D eigenvalue weighted by molar-refractivity contribution is -0.159. The van der Waals surface area contributed by atoms with Gasteiger partial charge in [0.25, 0.3) is 0 Å². The number of allylic oxidation sites excluding steroid dienone is 1. The number of halogens is 1. The quantitative estimate of drug-likeness (QED) is 0.449. The summed E-state index contributed by atoms with van der Waals surface area (Å²) < 4.78 is 11.7. The van der Waals surface area contributed by atoms with E-state index in [1.165, 1.54) is 11.3 Å². The molecule has 0 bridgehead atoms. The number of thiophene rings is 1. The highest BCUT2D eigenvalue weighted by Gasteiger charge is 2.40. The molecule has 192 valence electrons. The van der Waals surface area contributed by atoms with Gasteiger partial charge in [-0.1, -0.05) is 13.0 Å². The van der Waals surface area contributed by atoms with Gasteiger partial charge in [0.05, 0.1) is 18.9 Å². The van der Waals surface area contributed by atoms with Crippen LogP contribution in [-0.4, -0.2) is 47.4 Å². The fourth-order valence-corrected chi connectivity index (χ4v) is 7.46. The molecule has 3 fully saturated rings. The highest BCUT2D eigenvalue weighted by molar-refractivity contribution is 7.15. The smallest absolute Gasteiger partial charge is 0.348 e. The first-order chi connectivity index (χ1) is 16.8. The van der Waals surface area contributed by atoms with E-state index in [0.717, 1.165) is 74.7 Å². The molecular formula is C27H36ClNO5S. The van der Waals surface area contributed by atoms with E-state index in [1.807, 2.05) is 11.0 Å². The fraction of sp³-hybridized carbons (Fsp3) is 0.704. The number of anilines is 1. The van der Waals surface area contributed by atoms with Crippen molar-refractivity contribution >= 4 is 46.1 Å². The molecule has 0 radical (unpaired) electrons. The molecule has 1 spiro atoms. The molecule has 2 heterocycles. The van der Waals surface area contributed by atoms with Crippen LogP contribution in [0.25, 0.3) is 5.57 Å². The van der Waals surface area contributed by atoms with Crippen LogP contribution in [0.3, 0.4) is 0 Å². The van der Waals surface area contributed by atoms with E-state index in [4.69, 9.17) is 21.1 Å². The fourth-order valence-electron chi connectivity index (χ4n) is 6.16. The number of hydrogen-bond acceptors (Lipinski definition) is 5. The molecule has 1 saturated heterocycles. The van der Waals surface area contributed by atoms with Crippen LogP contribution < -0.4 is 4.90 Å². The van der Waals surface area contributed by atoms with E-state index >= 15 is 0 Å². The first-order valence-corrected chi connectivity index (χ1v) is 14.4. The predicted octanol–water partition coefficient (Wildman–Crippen LogP) is 6.47. The highest BCUT2D eigenvalue weighted by Crippen LogP contribution is 2.44. The average molecular weight is 522 g/mol. The average Bonchev–Trinajstić information content (AvgIpc) is 3.49. The summed E-state index contributed by atoms with van der Waals surface area (Å²) in [4.78, 5) is 29.4. The standard InChI is InChI=1S/C27H36ClNO5S/c1-17-2-4-19(5-3-17)25(30)29(21-8-6-20(28)7-9-21)22-16-23(35-24(22)26(31)32)18-10-12-27(13-11-18)33-14-15-34-27/h10,16-17,19-21H,2-9,11-15H2,1H3,(H,31,32). The van der Waals surface area contributed by atoms with Gasteiger partial charge in [0, 0.05) is 35.1 Å². The van der Waals surface area contributed by atoms with Gasteiger partial charge in [0.15, 0.2) is 5.79 Å². The number of carboxylic acid groups (broad SMARTS) is 1. The first-order valence-electron chi connectivity index (χ1n) is 13.2. The van der Waals surface area contributed by atoms with Crippen LogP contribution in [0.5, 0.6) is 0 Å². The third-order valence-electron chi connectivity index (χ3n) is 8.32. The molecule has 1 N–H and O–H groups in total. The van der Waals surface area contributed by atoms with Crippen molar-refractivity contribution in [1.29, 1.82) is 0 Å². The van der Waals surface area contributed by atoms with Gasteiger partial charge in [-0.2, -0.15) is 0 Å². The largest absolute Gasteiger partial charge is 0.477 e. The van der Waals surface area contributed by atoms with Crippen LogP contribution >= 0.6 is 22.9 Å². The Kier molecular flexibility index (Phi) is 7.59. The third-order valence-corrected chi connectivity index (χ3v) is 9.95. The number of amides is 1. The monoisotopic (exact) mass is 521 g/mol. The lowest BCUT2D eigenvalue weighted by Crippen LogP contribution is -2.46. The summed E-state index contributed by atoms with van der Waals surface area (Å²) in [7, 11) is 0. The van der Waals surface area contributed by atoms with Gasteiger partial charge in [-0.05, 0) is 75.3 Å². The molecule has 1 aliphatic heterocycles. The number of alkyl halides is 1. The van der Waals surface area contributed by atoms with E-state index in [-0.39, 0.29) is 28.1 Å². The molecule has 0 atom stereocenters. The minimum Gasteiger partial charge on any atom is -0.477 e. The van der Waals surface area contributed by atoms with Crippen LogP contribution in [0.2, 0.25) is 0 Å². The van der Waals surface area contributed by atoms with Crippen molar-refractivity contribution in [2.45, 2.75) is 94.8 Å². The summed E-state index contributed by atoms with van der Waals surface area (Å²) in [5.41, 5.74) is 1.70. The van der Waals surface area contributed by atoms with Gasteiger partial charge >= 0.3 is 5.97 Å². The van der Waals surface area contributed by atoms with Crippen molar-refractivity contribution < 1.29 is 24.2 Å². The number of carboxylic acids is 1.